The first-order valence-corrected chi connectivity index (χ1v) is 12.7. The number of nitrogens with one attached hydrogen (secondary N) is 2. The Morgan fingerprint density at radius 3 is 2.83 bits per heavy atom. The lowest BCUT2D eigenvalue weighted by Crippen LogP contribution is -2.46. The van der Waals surface area contributed by atoms with Crippen LogP contribution in [0.25, 0.3) is 44.4 Å². The molecule has 7 rings (SSSR count). The van der Waals surface area contributed by atoms with Crippen LogP contribution >= 0.6 is 0 Å². The molecule has 0 radical (unpaired) electrons. The number of morpholine rings is 1. The molecule has 1 atom stereocenters. The van der Waals surface area contributed by atoms with Crippen LogP contribution in [-0.4, -0.2) is 80.6 Å². The van der Waals surface area contributed by atoms with Crippen LogP contribution in [-0.2, 0) is 11.3 Å². The third-order valence-electron chi connectivity index (χ3n) is 7.40. The number of ether oxygens (including phenoxy) is 1. The monoisotopic (exact) mass is 483 g/mol. The largest absolute Gasteiger partial charge is 0.419 e. The quantitative estimate of drug-likeness (QED) is 0.376. The smallest absolute Gasteiger partial charge is 0.248 e. The zero-order valence-corrected chi connectivity index (χ0v) is 20.1. The molecule has 184 valence electrons. The Morgan fingerprint density at radius 2 is 1.89 bits per heavy atom. The molecule has 2 fully saturated rings. The van der Waals surface area contributed by atoms with Crippen molar-refractivity contribution in [2.75, 3.05) is 39.3 Å². The van der Waals surface area contributed by atoms with Gasteiger partial charge in [0, 0.05) is 42.1 Å². The first-order chi connectivity index (χ1) is 17.8. The van der Waals surface area contributed by atoms with E-state index in [2.05, 4.69) is 71.6 Å². The first-order valence-electron chi connectivity index (χ1n) is 12.7. The molecule has 9 heteroatoms. The molecule has 5 aromatic rings. The minimum absolute atomic E-state index is 0.234. The summed E-state index contributed by atoms with van der Waals surface area (Å²) < 4.78 is 12.3. The second-order valence-electron chi connectivity index (χ2n) is 9.84. The second-order valence-corrected chi connectivity index (χ2v) is 9.84. The van der Waals surface area contributed by atoms with E-state index in [-0.39, 0.29) is 6.10 Å². The summed E-state index contributed by atoms with van der Waals surface area (Å²) in [6.07, 6.45) is 6.62. The van der Waals surface area contributed by atoms with E-state index in [9.17, 15) is 0 Å². The van der Waals surface area contributed by atoms with Gasteiger partial charge in [0.1, 0.15) is 0 Å². The van der Waals surface area contributed by atoms with E-state index in [1.165, 1.54) is 31.3 Å². The van der Waals surface area contributed by atoms with Crippen molar-refractivity contribution >= 4 is 21.8 Å². The molecule has 2 aliphatic heterocycles. The van der Waals surface area contributed by atoms with Crippen LogP contribution in [0.15, 0.2) is 53.2 Å². The molecule has 0 amide bonds. The van der Waals surface area contributed by atoms with Crippen LogP contribution in [0.5, 0.6) is 0 Å². The topological polar surface area (TPSA) is 99.1 Å². The van der Waals surface area contributed by atoms with Gasteiger partial charge in [0.15, 0.2) is 0 Å². The molecule has 2 aliphatic rings. The van der Waals surface area contributed by atoms with Gasteiger partial charge in [0.05, 0.1) is 36.5 Å². The van der Waals surface area contributed by atoms with Crippen LogP contribution in [0.4, 0.5) is 0 Å². The van der Waals surface area contributed by atoms with Gasteiger partial charge in [0.25, 0.3) is 0 Å². The number of aromatic nitrogens is 5. The Hall–Kier alpha value is -3.53. The average molecular weight is 484 g/mol. The third kappa shape index (κ3) is 4.09. The van der Waals surface area contributed by atoms with Crippen molar-refractivity contribution in [2.45, 2.75) is 25.5 Å². The zero-order chi connectivity index (χ0) is 23.9. The maximum atomic E-state index is 6.22. The average Bonchev–Trinajstić information content (AvgIpc) is 3.71. The first kappa shape index (κ1) is 21.7. The van der Waals surface area contributed by atoms with E-state index in [0.29, 0.717) is 18.3 Å². The molecule has 0 spiro atoms. The fraction of sp³-hybridized carbons (Fsp3) is 0.370. The molecule has 0 saturated carbocycles. The number of H-pyrrole nitrogens is 2. The van der Waals surface area contributed by atoms with Gasteiger partial charge in [0.2, 0.25) is 11.8 Å². The van der Waals surface area contributed by atoms with Gasteiger partial charge >= 0.3 is 0 Å². The molecule has 2 N–H and O–H groups in total. The van der Waals surface area contributed by atoms with Crippen molar-refractivity contribution in [3.63, 3.8) is 0 Å². The molecule has 1 unspecified atom stereocenters. The number of fused-ring (bicyclic) bond motifs is 2. The van der Waals surface area contributed by atoms with Gasteiger partial charge in [-0.15, -0.1) is 10.2 Å². The fourth-order valence-corrected chi connectivity index (χ4v) is 5.63. The van der Waals surface area contributed by atoms with Crippen LogP contribution < -0.4 is 0 Å². The van der Waals surface area contributed by atoms with Crippen molar-refractivity contribution < 1.29 is 9.15 Å². The molecule has 0 aliphatic carbocycles. The Balaban J connectivity index is 1.15. The Kier molecular flexibility index (Phi) is 5.53. The maximum absolute atomic E-state index is 6.22. The maximum Gasteiger partial charge on any atom is 0.248 e. The summed E-state index contributed by atoms with van der Waals surface area (Å²) in [6, 6.07) is 12.6. The van der Waals surface area contributed by atoms with Crippen molar-refractivity contribution in [1.82, 2.24) is 35.2 Å². The molecule has 2 aromatic carbocycles. The number of nitrogens with zero attached hydrogens (tertiary/aromatic N) is 5. The van der Waals surface area contributed by atoms with E-state index in [4.69, 9.17) is 9.15 Å². The predicted molar refractivity (Wildman–Crippen MR) is 137 cm³/mol. The van der Waals surface area contributed by atoms with E-state index in [1.807, 2.05) is 12.4 Å². The van der Waals surface area contributed by atoms with Gasteiger partial charge in [-0.3, -0.25) is 10.00 Å². The molecule has 2 saturated heterocycles. The molecular formula is C27H29N7O2. The highest BCUT2D eigenvalue weighted by atomic mass is 16.5. The minimum Gasteiger partial charge on any atom is -0.419 e. The zero-order valence-electron chi connectivity index (χ0n) is 20.1. The van der Waals surface area contributed by atoms with Crippen molar-refractivity contribution in [3.8, 4) is 22.6 Å². The second kappa shape index (κ2) is 9.16. The number of rotatable bonds is 6. The van der Waals surface area contributed by atoms with Crippen molar-refractivity contribution in [3.05, 3.63) is 54.7 Å². The predicted octanol–water partition coefficient (Wildman–Crippen LogP) is 4.06. The lowest BCUT2D eigenvalue weighted by Gasteiger charge is -2.34. The summed E-state index contributed by atoms with van der Waals surface area (Å²) in [5, 5.41) is 18.4. The number of likely N-dealkylation sites (tertiary alicyclic amines) is 1. The lowest BCUT2D eigenvalue weighted by molar-refractivity contribution is -0.0453. The lowest BCUT2D eigenvalue weighted by atomic mass is 9.98. The fourth-order valence-electron chi connectivity index (χ4n) is 5.63. The summed E-state index contributed by atoms with van der Waals surface area (Å²) in [6.45, 7) is 6.50. The SMILES string of the molecule is c1cc(-c2cc(-c3nnc(CN4CCOC(CN5CCCC5)C4)o3)c3cn[nH]c3c2)c2cc[nH]c2c1. The van der Waals surface area contributed by atoms with Gasteiger partial charge < -0.3 is 19.0 Å². The summed E-state index contributed by atoms with van der Waals surface area (Å²) >= 11 is 0. The Morgan fingerprint density at radius 1 is 0.944 bits per heavy atom. The highest BCUT2D eigenvalue weighted by molar-refractivity contribution is 6.01. The minimum atomic E-state index is 0.234. The van der Waals surface area contributed by atoms with Crippen LogP contribution in [0.2, 0.25) is 0 Å². The molecular weight excluding hydrogens is 454 g/mol. The van der Waals surface area contributed by atoms with Crippen LogP contribution in [0.3, 0.4) is 0 Å². The number of hydrogen-bond donors (Lipinski definition) is 2. The normalized spacial score (nSPS) is 19.6. The molecule has 5 heterocycles. The third-order valence-corrected chi connectivity index (χ3v) is 7.40. The number of benzene rings is 2. The highest BCUT2D eigenvalue weighted by Gasteiger charge is 2.25. The van der Waals surface area contributed by atoms with E-state index < -0.39 is 0 Å². The summed E-state index contributed by atoms with van der Waals surface area (Å²) in [4.78, 5) is 8.17. The van der Waals surface area contributed by atoms with E-state index in [1.54, 1.807) is 0 Å². The van der Waals surface area contributed by atoms with Gasteiger partial charge in [-0.2, -0.15) is 5.10 Å². The molecule has 36 heavy (non-hydrogen) atoms. The number of aromatic amines is 2. The van der Waals surface area contributed by atoms with Crippen molar-refractivity contribution in [1.29, 1.82) is 0 Å². The van der Waals surface area contributed by atoms with E-state index >= 15 is 0 Å². The summed E-state index contributed by atoms with van der Waals surface area (Å²) in [5.74, 6) is 1.14. The van der Waals surface area contributed by atoms with Crippen molar-refractivity contribution in [2.24, 2.45) is 0 Å². The molecule has 9 nitrogen and oxygen atoms in total. The summed E-state index contributed by atoms with van der Waals surface area (Å²) in [7, 11) is 0. The Labute approximate surface area is 208 Å². The summed E-state index contributed by atoms with van der Waals surface area (Å²) in [5.41, 5.74) is 5.14. The van der Waals surface area contributed by atoms with E-state index in [0.717, 1.165) is 59.4 Å². The molecule has 0 bridgehead atoms. The van der Waals surface area contributed by atoms with Crippen LogP contribution in [0, 0.1) is 0 Å². The van der Waals surface area contributed by atoms with Gasteiger partial charge in [-0.25, -0.2) is 0 Å². The van der Waals surface area contributed by atoms with Gasteiger partial charge in [-0.1, -0.05) is 12.1 Å². The number of hydrogen-bond acceptors (Lipinski definition) is 7. The van der Waals surface area contributed by atoms with Gasteiger partial charge in [-0.05, 0) is 61.3 Å². The van der Waals surface area contributed by atoms with Crippen LogP contribution in [0.1, 0.15) is 18.7 Å². The highest BCUT2D eigenvalue weighted by Crippen LogP contribution is 2.35. The standard InChI is InChI=1S/C27H29N7O2/c1-2-9-33(8-1)15-19-16-34(10-11-35-19)17-26-31-32-27(36-26)22-12-18(13-25-23(22)14-29-30-25)20-4-3-5-24-21(20)6-7-28-24/h3-7,12-14,19,28H,1-2,8-11,15-17H2,(H,29,30). The Bertz CT molecular complexity index is 1500. The molecule has 3 aromatic heterocycles.